The molecule has 156 valence electrons. The van der Waals surface area contributed by atoms with Gasteiger partial charge in [0.2, 0.25) is 5.91 Å². The number of hydrogen-bond donors (Lipinski definition) is 1. The van der Waals surface area contributed by atoms with Gasteiger partial charge in [0.25, 0.3) is 0 Å². The van der Waals surface area contributed by atoms with Gasteiger partial charge in [-0.05, 0) is 68.3 Å². The van der Waals surface area contributed by atoms with Crippen molar-refractivity contribution in [3.63, 3.8) is 0 Å². The van der Waals surface area contributed by atoms with E-state index in [1.54, 1.807) is 13.2 Å². The van der Waals surface area contributed by atoms with Gasteiger partial charge in [-0.25, -0.2) is 0 Å². The Hall–Kier alpha value is -3.06. The summed E-state index contributed by atoms with van der Waals surface area (Å²) in [5, 5.41) is 6.81. The number of carbonyl (C=O) groups is 1. The highest BCUT2D eigenvalue weighted by Crippen LogP contribution is 2.30. The maximum absolute atomic E-state index is 12.3. The lowest BCUT2D eigenvalue weighted by Crippen LogP contribution is -2.08. The zero-order valence-corrected chi connectivity index (χ0v) is 18.9. The number of carbonyl (C=O) groups excluding carboxylic acids is 1. The maximum Gasteiger partial charge on any atom is 0.248 e. The molecule has 6 nitrogen and oxygen atoms in total. The Kier molecular flexibility index (Phi) is 6.95. The minimum Gasteiger partial charge on any atom is -0.493 e. The molecule has 0 fully saturated rings. The molecule has 0 atom stereocenters. The molecule has 1 heterocycles. The molecular weight excluding hydrogens is 448 g/mol. The number of amides is 1. The third kappa shape index (κ3) is 5.30. The van der Waals surface area contributed by atoms with E-state index in [9.17, 15) is 4.79 Å². The molecule has 0 spiro atoms. The highest BCUT2D eigenvalue weighted by molar-refractivity contribution is 9.10. The number of methoxy groups -OCH3 is 1. The third-order valence-corrected chi connectivity index (χ3v) is 5.11. The van der Waals surface area contributed by atoms with Gasteiger partial charge >= 0.3 is 0 Å². The largest absolute Gasteiger partial charge is 0.493 e. The number of halogens is 1. The number of nitrogens with zero attached hydrogens (tertiary/aromatic N) is 1. The molecule has 1 amide bonds. The van der Waals surface area contributed by atoms with Crippen LogP contribution in [0.25, 0.3) is 6.08 Å². The number of benzene rings is 2. The fraction of sp³-hybridized carbons (Fsp3) is 0.217. The van der Waals surface area contributed by atoms with Gasteiger partial charge in [0.05, 0.1) is 18.4 Å². The van der Waals surface area contributed by atoms with Crippen molar-refractivity contribution < 1.29 is 18.8 Å². The van der Waals surface area contributed by atoms with E-state index in [1.807, 2.05) is 57.2 Å². The molecule has 30 heavy (non-hydrogen) atoms. The standard InChI is InChI=1S/C23H23BrN2O4/c1-14-11-18(24)7-8-20(14)25-23(27)10-6-17-5-9-21(22(12-17)28-4)29-13-19-15(2)26-30-16(19)3/h5-12H,13H2,1-4H3,(H,25,27). The van der Waals surface area contributed by atoms with Crippen molar-refractivity contribution >= 4 is 33.6 Å². The molecule has 0 aliphatic carbocycles. The number of aromatic nitrogens is 1. The molecule has 0 radical (unpaired) electrons. The second kappa shape index (κ2) is 9.63. The zero-order valence-electron chi connectivity index (χ0n) is 17.3. The van der Waals surface area contributed by atoms with E-state index < -0.39 is 0 Å². The summed E-state index contributed by atoms with van der Waals surface area (Å²) in [6, 6.07) is 11.2. The molecular formula is C23H23BrN2O4. The molecule has 3 rings (SSSR count). The van der Waals surface area contributed by atoms with Gasteiger partial charge in [-0.3, -0.25) is 4.79 Å². The molecule has 0 aliphatic rings. The lowest BCUT2D eigenvalue weighted by molar-refractivity contribution is -0.111. The topological polar surface area (TPSA) is 73.6 Å². The number of aryl methyl sites for hydroxylation is 3. The summed E-state index contributed by atoms with van der Waals surface area (Å²) in [7, 11) is 1.58. The SMILES string of the molecule is COc1cc(C=CC(=O)Nc2ccc(Br)cc2C)ccc1OCc1c(C)noc1C. The van der Waals surface area contributed by atoms with E-state index >= 15 is 0 Å². The van der Waals surface area contributed by atoms with Crippen LogP contribution in [0.4, 0.5) is 5.69 Å². The Bertz CT molecular complexity index is 1070. The number of ether oxygens (including phenoxy) is 2. The molecule has 0 unspecified atom stereocenters. The number of rotatable bonds is 7. The van der Waals surface area contributed by atoms with Gasteiger partial charge in [0.15, 0.2) is 11.5 Å². The van der Waals surface area contributed by atoms with Gasteiger partial charge in [0.1, 0.15) is 12.4 Å². The molecule has 0 saturated heterocycles. The lowest BCUT2D eigenvalue weighted by atomic mass is 10.1. The fourth-order valence-electron chi connectivity index (χ4n) is 2.88. The summed E-state index contributed by atoms with van der Waals surface area (Å²) in [6.07, 6.45) is 3.21. The first-order chi connectivity index (χ1) is 14.4. The lowest BCUT2D eigenvalue weighted by Gasteiger charge is -2.11. The first-order valence-corrected chi connectivity index (χ1v) is 10.1. The van der Waals surface area contributed by atoms with Crippen LogP contribution in [-0.2, 0) is 11.4 Å². The van der Waals surface area contributed by atoms with Crippen molar-refractivity contribution in [1.29, 1.82) is 0 Å². The number of nitrogens with one attached hydrogen (secondary N) is 1. The Morgan fingerprint density at radius 3 is 2.63 bits per heavy atom. The van der Waals surface area contributed by atoms with Gasteiger partial charge in [-0.2, -0.15) is 0 Å². The Morgan fingerprint density at radius 2 is 1.97 bits per heavy atom. The summed E-state index contributed by atoms with van der Waals surface area (Å²) in [6.45, 7) is 6.00. The van der Waals surface area contributed by atoms with Crippen LogP contribution in [0, 0.1) is 20.8 Å². The predicted octanol–water partition coefficient (Wildman–Crippen LogP) is 5.60. The summed E-state index contributed by atoms with van der Waals surface area (Å²) in [4.78, 5) is 12.3. The van der Waals surface area contributed by atoms with Crippen LogP contribution in [0.5, 0.6) is 11.5 Å². The average molecular weight is 471 g/mol. The fourth-order valence-corrected chi connectivity index (χ4v) is 3.35. The van der Waals surface area contributed by atoms with E-state index in [0.717, 1.165) is 38.3 Å². The van der Waals surface area contributed by atoms with Crippen LogP contribution in [0.1, 0.15) is 28.1 Å². The average Bonchev–Trinajstić information content (AvgIpc) is 3.04. The maximum atomic E-state index is 12.3. The van der Waals surface area contributed by atoms with E-state index in [1.165, 1.54) is 6.08 Å². The number of hydrogen-bond acceptors (Lipinski definition) is 5. The van der Waals surface area contributed by atoms with E-state index in [4.69, 9.17) is 14.0 Å². The van der Waals surface area contributed by atoms with Gasteiger partial charge in [-0.1, -0.05) is 27.2 Å². The van der Waals surface area contributed by atoms with Crippen molar-refractivity contribution in [2.45, 2.75) is 27.4 Å². The highest BCUT2D eigenvalue weighted by Gasteiger charge is 2.12. The van der Waals surface area contributed by atoms with Gasteiger partial charge in [0, 0.05) is 16.2 Å². The van der Waals surface area contributed by atoms with Crippen LogP contribution in [0.2, 0.25) is 0 Å². The first kappa shape index (κ1) is 21.6. The molecule has 0 saturated carbocycles. The summed E-state index contributed by atoms with van der Waals surface area (Å²) < 4.78 is 17.5. The molecule has 3 aromatic rings. The van der Waals surface area contributed by atoms with Crippen molar-refractivity contribution in [3.8, 4) is 11.5 Å². The minimum atomic E-state index is -0.210. The Morgan fingerprint density at radius 1 is 1.17 bits per heavy atom. The van der Waals surface area contributed by atoms with Gasteiger partial charge < -0.3 is 19.3 Å². The van der Waals surface area contributed by atoms with Crippen LogP contribution >= 0.6 is 15.9 Å². The van der Waals surface area contributed by atoms with Crippen molar-refractivity contribution in [2.75, 3.05) is 12.4 Å². The second-order valence-corrected chi connectivity index (χ2v) is 7.70. The van der Waals surface area contributed by atoms with Crippen LogP contribution in [-0.4, -0.2) is 18.2 Å². The highest BCUT2D eigenvalue weighted by atomic mass is 79.9. The van der Waals surface area contributed by atoms with Gasteiger partial charge in [-0.15, -0.1) is 0 Å². The van der Waals surface area contributed by atoms with E-state index in [0.29, 0.717) is 18.1 Å². The Balaban J connectivity index is 1.67. The third-order valence-electron chi connectivity index (χ3n) is 4.61. The van der Waals surface area contributed by atoms with Crippen LogP contribution < -0.4 is 14.8 Å². The molecule has 0 aliphatic heterocycles. The number of anilines is 1. The summed E-state index contributed by atoms with van der Waals surface area (Å²) in [5.41, 5.74) is 4.29. The summed E-state index contributed by atoms with van der Waals surface area (Å²) >= 11 is 3.42. The minimum absolute atomic E-state index is 0.210. The predicted molar refractivity (Wildman–Crippen MR) is 120 cm³/mol. The molecule has 7 heteroatoms. The summed E-state index contributed by atoms with van der Waals surface area (Å²) in [5.74, 6) is 1.70. The van der Waals surface area contributed by atoms with E-state index in [-0.39, 0.29) is 5.91 Å². The monoisotopic (exact) mass is 470 g/mol. The van der Waals surface area contributed by atoms with E-state index in [2.05, 4.69) is 26.4 Å². The van der Waals surface area contributed by atoms with Crippen molar-refractivity contribution in [2.24, 2.45) is 0 Å². The van der Waals surface area contributed by atoms with Crippen LogP contribution in [0.3, 0.4) is 0 Å². The van der Waals surface area contributed by atoms with Crippen LogP contribution in [0.15, 0.2) is 51.5 Å². The Labute approximate surface area is 184 Å². The zero-order chi connectivity index (χ0) is 21.7. The molecule has 2 aromatic carbocycles. The molecule has 1 aromatic heterocycles. The quantitative estimate of drug-likeness (QED) is 0.454. The first-order valence-electron chi connectivity index (χ1n) is 9.35. The normalized spacial score (nSPS) is 11.0. The molecule has 1 N–H and O–H groups in total. The van der Waals surface area contributed by atoms with Crippen molar-refractivity contribution in [1.82, 2.24) is 5.16 Å². The second-order valence-electron chi connectivity index (χ2n) is 6.78. The molecule has 0 bridgehead atoms. The smallest absolute Gasteiger partial charge is 0.248 e. The van der Waals surface area contributed by atoms with Crippen molar-refractivity contribution in [3.05, 3.63) is 75.1 Å².